The number of benzene rings is 2. The third kappa shape index (κ3) is 6.39. The van der Waals surface area contributed by atoms with Gasteiger partial charge in [-0.2, -0.15) is 4.31 Å². The number of hydrogen-bond donors (Lipinski definition) is 2. The highest BCUT2D eigenvalue weighted by Crippen LogP contribution is 2.25. The van der Waals surface area contributed by atoms with Gasteiger partial charge in [-0.3, -0.25) is 10.1 Å². The van der Waals surface area contributed by atoms with Crippen molar-refractivity contribution in [2.24, 2.45) is 0 Å². The van der Waals surface area contributed by atoms with Gasteiger partial charge in [-0.05, 0) is 62.6 Å². The van der Waals surface area contributed by atoms with Gasteiger partial charge >= 0.3 is 12.0 Å². The first-order valence-electron chi connectivity index (χ1n) is 10.4. The minimum absolute atomic E-state index is 0.0648. The van der Waals surface area contributed by atoms with Gasteiger partial charge in [0.25, 0.3) is 5.91 Å². The Morgan fingerprint density at radius 2 is 1.64 bits per heavy atom. The number of nitrogens with one attached hydrogen (secondary N) is 2. The number of esters is 1. The normalized spacial score (nSPS) is 14.2. The van der Waals surface area contributed by atoms with Gasteiger partial charge in [0.2, 0.25) is 10.0 Å². The van der Waals surface area contributed by atoms with Crippen LogP contribution < -0.4 is 10.6 Å². The minimum Gasteiger partial charge on any atom is -0.452 e. The molecule has 0 unspecified atom stereocenters. The van der Waals surface area contributed by atoms with Gasteiger partial charge in [-0.25, -0.2) is 18.0 Å². The lowest BCUT2D eigenvalue weighted by molar-refractivity contribution is -0.123. The lowest BCUT2D eigenvalue weighted by Gasteiger charge is -2.28. The van der Waals surface area contributed by atoms with Crippen LogP contribution in [-0.2, 0) is 32.5 Å². The number of urea groups is 1. The lowest BCUT2D eigenvalue weighted by atomic mass is 10.0. The van der Waals surface area contributed by atoms with Crippen LogP contribution >= 0.6 is 0 Å². The van der Waals surface area contributed by atoms with Crippen molar-refractivity contribution in [3.63, 3.8) is 0 Å². The van der Waals surface area contributed by atoms with Gasteiger partial charge in [0.05, 0.1) is 10.5 Å². The van der Waals surface area contributed by atoms with Crippen molar-refractivity contribution >= 4 is 27.9 Å². The van der Waals surface area contributed by atoms with Gasteiger partial charge in [0, 0.05) is 18.6 Å². The monoisotopic (exact) mass is 473 g/mol. The number of sulfonamides is 1. The summed E-state index contributed by atoms with van der Waals surface area (Å²) in [6.45, 7) is 5.28. The molecule has 2 aromatic rings. The zero-order valence-corrected chi connectivity index (χ0v) is 19.6. The molecule has 1 heterocycles. The van der Waals surface area contributed by atoms with Crippen molar-refractivity contribution < 1.29 is 27.5 Å². The van der Waals surface area contributed by atoms with Gasteiger partial charge in [-0.15, -0.1) is 0 Å². The topological polar surface area (TPSA) is 122 Å². The van der Waals surface area contributed by atoms with Gasteiger partial charge in [-0.1, -0.05) is 24.3 Å². The first-order valence-corrected chi connectivity index (χ1v) is 11.9. The molecule has 0 saturated carbocycles. The molecule has 1 aliphatic rings. The van der Waals surface area contributed by atoms with Crippen LogP contribution in [0.1, 0.15) is 42.3 Å². The fourth-order valence-electron chi connectivity index (χ4n) is 3.34. The number of fused-ring (bicyclic) bond motifs is 1. The Kier molecular flexibility index (Phi) is 7.19. The third-order valence-corrected chi connectivity index (χ3v) is 6.76. The average molecular weight is 474 g/mol. The predicted octanol–water partition coefficient (Wildman–Crippen LogP) is 2.21. The molecule has 0 fully saturated rings. The summed E-state index contributed by atoms with van der Waals surface area (Å²) in [5.41, 5.74) is 1.68. The standard InChI is InChI=1S/C23H27N3O6S/c1-23(2,3)25-22(29)24-20(27)15-32-21(28)17-8-10-19(11-9-17)33(30,31)26-13-12-16-6-4-5-7-18(16)14-26/h4-11H,12-15H2,1-3H3,(H2,24,25,27,29). The molecule has 0 atom stereocenters. The maximum absolute atomic E-state index is 13.0. The van der Waals surface area contributed by atoms with Gasteiger partial charge in [0.15, 0.2) is 6.61 Å². The van der Waals surface area contributed by atoms with Crippen molar-refractivity contribution in [1.82, 2.24) is 14.9 Å². The SMILES string of the molecule is CC(C)(C)NC(=O)NC(=O)COC(=O)c1ccc(S(=O)(=O)N2CCc3ccccc3C2)cc1. The van der Waals surface area contributed by atoms with E-state index >= 15 is 0 Å². The van der Waals surface area contributed by atoms with Crippen LogP contribution in [0.5, 0.6) is 0 Å². The molecule has 10 heteroatoms. The van der Waals surface area contributed by atoms with Crippen molar-refractivity contribution in [1.29, 1.82) is 0 Å². The number of nitrogens with zero attached hydrogens (tertiary/aromatic N) is 1. The fourth-order valence-corrected chi connectivity index (χ4v) is 4.75. The maximum Gasteiger partial charge on any atom is 0.338 e. The molecule has 0 aliphatic carbocycles. The Bertz CT molecular complexity index is 1150. The lowest BCUT2D eigenvalue weighted by Crippen LogP contribution is -2.49. The van der Waals surface area contributed by atoms with E-state index in [4.69, 9.17) is 4.74 Å². The summed E-state index contributed by atoms with van der Waals surface area (Å²) in [4.78, 5) is 35.7. The molecule has 1 aliphatic heterocycles. The second kappa shape index (κ2) is 9.72. The number of rotatable bonds is 5. The second-order valence-electron chi connectivity index (χ2n) is 8.71. The van der Waals surface area contributed by atoms with Gasteiger partial charge in [0.1, 0.15) is 0 Å². The molecule has 2 aromatic carbocycles. The first-order chi connectivity index (χ1) is 15.5. The quantitative estimate of drug-likeness (QED) is 0.642. The number of hydrogen-bond acceptors (Lipinski definition) is 6. The molecule has 3 amide bonds. The largest absolute Gasteiger partial charge is 0.452 e. The summed E-state index contributed by atoms with van der Waals surface area (Å²) in [6, 6.07) is 12.4. The van der Waals surface area contributed by atoms with Crippen LogP contribution in [0.3, 0.4) is 0 Å². The summed E-state index contributed by atoms with van der Waals surface area (Å²) >= 11 is 0. The number of amides is 3. The number of carbonyl (C=O) groups excluding carboxylic acids is 3. The van der Waals surface area contributed by atoms with Crippen LogP contribution in [0.15, 0.2) is 53.4 Å². The second-order valence-corrected chi connectivity index (χ2v) is 10.6. The minimum atomic E-state index is -3.73. The van der Waals surface area contributed by atoms with E-state index in [0.29, 0.717) is 19.5 Å². The molecule has 0 saturated heterocycles. The molecule has 9 nitrogen and oxygen atoms in total. The average Bonchev–Trinajstić information content (AvgIpc) is 2.75. The highest BCUT2D eigenvalue weighted by Gasteiger charge is 2.28. The number of ether oxygens (including phenoxy) is 1. The van der Waals surface area contributed by atoms with Crippen molar-refractivity contribution in [3.05, 3.63) is 65.2 Å². The molecule has 2 N–H and O–H groups in total. The summed E-state index contributed by atoms with van der Waals surface area (Å²) in [7, 11) is -3.73. The van der Waals surface area contributed by atoms with Crippen molar-refractivity contribution in [3.8, 4) is 0 Å². The predicted molar refractivity (Wildman–Crippen MR) is 121 cm³/mol. The third-order valence-electron chi connectivity index (χ3n) is 4.90. The zero-order chi connectivity index (χ0) is 24.2. The molecular weight excluding hydrogens is 446 g/mol. The van der Waals surface area contributed by atoms with E-state index in [-0.39, 0.29) is 10.5 Å². The smallest absolute Gasteiger partial charge is 0.338 e. The summed E-state index contributed by atoms with van der Waals surface area (Å²) in [5.74, 6) is -1.59. The molecule has 0 radical (unpaired) electrons. The van der Waals surface area contributed by atoms with E-state index in [1.807, 2.05) is 24.3 Å². The highest BCUT2D eigenvalue weighted by molar-refractivity contribution is 7.89. The number of imide groups is 1. The van der Waals surface area contributed by atoms with E-state index < -0.39 is 40.1 Å². The summed E-state index contributed by atoms with van der Waals surface area (Å²) < 4.78 is 32.4. The van der Waals surface area contributed by atoms with E-state index in [1.165, 1.54) is 28.6 Å². The van der Waals surface area contributed by atoms with E-state index in [2.05, 4.69) is 10.6 Å². The van der Waals surface area contributed by atoms with Crippen LogP contribution in [0.25, 0.3) is 0 Å². The summed E-state index contributed by atoms with van der Waals surface area (Å²) in [6.07, 6.45) is 0.635. The Hall–Kier alpha value is -3.24. The molecule has 0 bridgehead atoms. The Morgan fingerprint density at radius 3 is 2.27 bits per heavy atom. The van der Waals surface area contributed by atoms with Crippen LogP contribution in [0.2, 0.25) is 0 Å². The Morgan fingerprint density at radius 1 is 1.00 bits per heavy atom. The maximum atomic E-state index is 13.0. The molecule has 176 valence electrons. The van der Waals surface area contributed by atoms with Crippen LogP contribution in [0, 0.1) is 0 Å². The first kappa shape index (κ1) is 24.4. The van der Waals surface area contributed by atoms with E-state index in [0.717, 1.165) is 11.1 Å². The molecule has 0 aromatic heterocycles. The Balaban J connectivity index is 1.58. The van der Waals surface area contributed by atoms with E-state index in [9.17, 15) is 22.8 Å². The fraction of sp³-hybridized carbons (Fsp3) is 0.348. The molecule has 3 rings (SSSR count). The van der Waals surface area contributed by atoms with Crippen LogP contribution in [0.4, 0.5) is 4.79 Å². The zero-order valence-electron chi connectivity index (χ0n) is 18.8. The van der Waals surface area contributed by atoms with Crippen LogP contribution in [-0.4, -0.2) is 49.3 Å². The molecule has 0 spiro atoms. The Labute approximate surface area is 193 Å². The molecular formula is C23H27N3O6S. The van der Waals surface area contributed by atoms with Gasteiger partial charge < -0.3 is 10.1 Å². The van der Waals surface area contributed by atoms with Crippen molar-refractivity contribution in [2.75, 3.05) is 13.2 Å². The number of carbonyl (C=O) groups is 3. The summed E-state index contributed by atoms with van der Waals surface area (Å²) in [5, 5.41) is 4.61. The molecule has 33 heavy (non-hydrogen) atoms. The van der Waals surface area contributed by atoms with Crippen molar-refractivity contribution in [2.45, 2.75) is 44.2 Å². The highest BCUT2D eigenvalue weighted by atomic mass is 32.2. The van der Waals surface area contributed by atoms with E-state index in [1.54, 1.807) is 20.8 Å².